The van der Waals surface area contributed by atoms with Gasteiger partial charge in [-0.05, 0) is 55.1 Å². The van der Waals surface area contributed by atoms with Crippen molar-refractivity contribution in [3.05, 3.63) is 23.8 Å². The van der Waals surface area contributed by atoms with E-state index in [2.05, 4.69) is 20.8 Å². The lowest BCUT2D eigenvalue weighted by atomic mass is 9.51. The average molecular weight is 284 g/mol. The van der Waals surface area contributed by atoms with Crippen LogP contribution in [-0.4, -0.2) is 24.8 Å². The van der Waals surface area contributed by atoms with Gasteiger partial charge in [0.25, 0.3) is 0 Å². The molecule has 0 bridgehead atoms. The van der Waals surface area contributed by atoms with E-state index in [-0.39, 0.29) is 11.9 Å². The smallest absolute Gasteiger partial charge is 0.178 e. The molecule has 0 spiro atoms. The van der Waals surface area contributed by atoms with Crippen molar-refractivity contribution in [2.75, 3.05) is 0 Å². The largest absolute Gasteiger partial charge is 0.393 e. The third-order valence-electron chi connectivity index (χ3n) is 7.03. The Morgan fingerprint density at radius 2 is 2.14 bits per heavy atom. The monoisotopic (exact) mass is 284 g/mol. The Morgan fingerprint density at radius 3 is 2.95 bits per heavy atom. The highest BCUT2D eigenvalue weighted by molar-refractivity contribution is 6.15. The van der Waals surface area contributed by atoms with Crippen LogP contribution < -0.4 is 0 Å². The number of aliphatic hydroxyl groups excluding tert-OH is 1. The molecule has 4 aliphatic rings. The number of rotatable bonds is 0. The molecule has 4 unspecified atom stereocenters. The summed E-state index contributed by atoms with van der Waals surface area (Å²) in [4.78, 5) is 11.6. The molecule has 4 aliphatic carbocycles. The molecule has 3 heteroatoms. The summed E-state index contributed by atoms with van der Waals surface area (Å²) in [6.07, 6.45) is 11.3. The Morgan fingerprint density at radius 1 is 1.33 bits per heavy atom. The number of allylic oxidation sites excluding steroid dienone is 4. The van der Waals surface area contributed by atoms with Gasteiger partial charge in [0.05, 0.1) is 6.10 Å². The molecule has 0 radical (unpaired) electrons. The van der Waals surface area contributed by atoms with Gasteiger partial charge in [0, 0.05) is 5.92 Å². The van der Waals surface area contributed by atoms with E-state index in [1.165, 1.54) is 24.8 Å². The minimum atomic E-state index is -0.194. The number of hydrogen-bond acceptors (Lipinski definition) is 2. The summed E-state index contributed by atoms with van der Waals surface area (Å²) in [5.74, 6) is 2.94. The summed E-state index contributed by atoms with van der Waals surface area (Å²) < 4.78 is 0. The first-order valence-electron chi connectivity index (χ1n) is 8.58. The third-order valence-corrected chi connectivity index (χ3v) is 7.03. The van der Waals surface area contributed by atoms with Gasteiger partial charge in [-0.25, -0.2) is 0 Å². The van der Waals surface area contributed by atoms with E-state index in [1.807, 2.05) is 6.08 Å². The summed E-state index contributed by atoms with van der Waals surface area (Å²) in [5.41, 5.74) is 1.28. The van der Waals surface area contributed by atoms with E-state index >= 15 is 0 Å². The van der Waals surface area contributed by atoms with E-state index in [0.29, 0.717) is 29.0 Å². The second kappa shape index (κ2) is 4.58. The molecule has 7 atom stereocenters. The highest BCUT2D eigenvalue weighted by Crippen LogP contribution is 2.62. The predicted octanol–water partition coefficient (Wildman–Crippen LogP) is 2.30. The van der Waals surface area contributed by atoms with Crippen molar-refractivity contribution in [3.63, 3.8) is 0 Å². The first kappa shape index (κ1) is 13.8. The van der Waals surface area contributed by atoms with Crippen LogP contribution in [0.25, 0.3) is 0 Å². The fourth-order valence-corrected chi connectivity index (χ4v) is 6.01. The van der Waals surface area contributed by atoms with Gasteiger partial charge in [-0.1, -0.05) is 36.7 Å². The molecule has 0 aromatic rings. The molecule has 112 valence electrons. The zero-order chi connectivity index (χ0) is 14.8. The quantitative estimate of drug-likeness (QED) is 0.693. The second-order valence-corrected chi connectivity index (χ2v) is 8.39. The van der Waals surface area contributed by atoms with Gasteiger partial charge in [0.2, 0.25) is 0 Å². The van der Waals surface area contributed by atoms with E-state index in [9.17, 15) is 9.90 Å². The van der Waals surface area contributed by atoms with Crippen molar-refractivity contribution in [1.82, 2.24) is 0 Å². The molecule has 0 aliphatic heterocycles. The minimum Gasteiger partial charge on any atom is -0.393 e. The van der Waals surface area contributed by atoms with E-state index in [1.54, 1.807) is 6.08 Å². The zero-order valence-corrected chi connectivity index (χ0v) is 13.1. The Balaban J connectivity index is 1.67. The zero-order valence-electron chi connectivity index (χ0n) is 13.1. The van der Waals surface area contributed by atoms with Crippen LogP contribution in [0.5, 0.6) is 0 Å². The number of carbonyl (C=O) groups excluding carboxylic acids is 1. The molecule has 3 saturated carbocycles. The maximum absolute atomic E-state index is 11.6. The van der Waals surface area contributed by atoms with Crippen molar-refractivity contribution in [3.8, 4) is 0 Å². The maximum Gasteiger partial charge on any atom is 0.178 e. The topological polar surface area (TPSA) is 37.3 Å². The van der Waals surface area contributed by atoms with Crippen molar-refractivity contribution in [2.24, 2.45) is 29.6 Å². The molecule has 0 saturated heterocycles. The lowest BCUT2D eigenvalue weighted by molar-refractivity contribution is -0.111. The first-order chi connectivity index (χ1) is 9.97. The van der Waals surface area contributed by atoms with Gasteiger partial charge in [-0.15, -0.1) is 0 Å². The van der Waals surface area contributed by atoms with Crippen LogP contribution in [0, 0.1) is 29.6 Å². The normalized spacial score (nSPS) is 51.9. The molecule has 2 nitrogen and oxygen atoms in total. The number of carbonyl (C=O) groups is 1. The molecular formula is C18H25BO2. The lowest BCUT2D eigenvalue weighted by Crippen LogP contribution is -2.48. The Kier molecular flexibility index (Phi) is 3.01. The number of aliphatic hydroxyl groups is 1. The summed E-state index contributed by atoms with van der Waals surface area (Å²) in [6.45, 7) is 2.39. The molecule has 4 rings (SSSR count). The summed E-state index contributed by atoms with van der Waals surface area (Å²) in [6, 6.07) is 0. The van der Waals surface area contributed by atoms with E-state index < -0.39 is 0 Å². The van der Waals surface area contributed by atoms with Crippen LogP contribution in [0.3, 0.4) is 0 Å². The Labute approximate surface area is 128 Å². The standard InChI is InChI=1S/C18H25BO2/c1-18(19)7-6-13-14-4-2-10-8-11(20)3-5-12(10)17(14)16(21)9-15(13)18/h3,5,8,12-17,21H,2,4,6-7,9,19H2,1H3/t12-,13?,14?,15-,16-,17?,18?/m0/s1. The van der Waals surface area contributed by atoms with Crippen LogP contribution >= 0.6 is 0 Å². The van der Waals surface area contributed by atoms with Crippen molar-refractivity contribution < 1.29 is 9.90 Å². The number of hydrogen-bond donors (Lipinski definition) is 1. The number of fused-ring (bicyclic) bond motifs is 5. The van der Waals surface area contributed by atoms with Crippen LogP contribution in [0.1, 0.15) is 39.0 Å². The highest BCUT2D eigenvalue weighted by Gasteiger charge is 2.55. The van der Waals surface area contributed by atoms with Crippen molar-refractivity contribution >= 4 is 13.6 Å². The minimum absolute atomic E-state index is 0.130. The van der Waals surface area contributed by atoms with Gasteiger partial charge < -0.3 is 5.11 Å². The van der Waals surface area contributed by atoms with Crippen molar-refractivity contribution in [2.45, 2.75) is 50.4 Å². The van der Waals surface area contributed by atoms with Crippen LogP contribution in [0.2, 0.25) is 5.31 Å². The Hall–Kier alpha value is -0.825. The molecule has 21 heavy (non-hydrogen) atoms. The predicted molar refractivity (Wildman–Crippen MR) is 85.7 cm³/mol. The average Bonchev–Trinajstić information content (AvgIpc) is 2.74. The second-order valence-electron chi connectivity index (χ2n) is 8.39. The lowest BCUT2D eigenvalue weighted by Gasteiger charge is -2.52. The summed E-state index contributed by atoms with van der Waals surface area (Å²) in [5, 5.41) is 11.2. The van der Waals surface area contributed by atoms with E-state index in [4.69, 9.17) is 0 Å². The molecule has 1 N–H and O–H groups in total. The fourth-order valence-electron chi connectivity index (χ4n) is 6.01. The van der Waals surface area contributed by atoms with Crippen LogP contribution in [0.4, 0.5) is 0 Å². The maximum atomic E-state index is 11.6. The molecule has 0 aromatic heterocycles. The van der Waals surface area contributed by atoms with E-state index in [0.717, 1.165) is 18.8 Å². The molecular weight excluding hydrogens is 259 g/mol. The third kappa shape index (κ3) is 2.00. The molecule has 3 fully saturated rings. The van der Waals surface area contributed by atoms with Gasteiger partial charge in [0.15, 0.2) is 5.78 Å². The SMILES string of the molecule is BC1(C)CCC2C3CCC4=CC(=O)C=C[C@@H]4C3[C@@H](O)C[C@@H]21. The Bertz CT molecular complexity index is 533. The van der Waals surface area contributed by atoms with Crippen LogP contribution in [0.15, 0.2) is 23.8 Å². The summed E-state index contributed by atoms with van der Waals surface area (Å²) in [7, 11) is 2.39. The molecule has 0 heterocycles. The number of ketones is 1. The van der Waals surface area contributed by atoms with Gasteiger partial charge in [-0.3, -0.25) is 4.79 Å². The van der Waals surface area contributed by atoms with Gasteiger partial charge >= 0.3 is 0 Å². The van der Waals surface area contributed by atoms with Crippen molar-refractivity contribution in [1.29, 1.82) is 0 Å². The first-order valence-corrected chi connectivity index (χ1v) is 8.58. The summed E-state index contributed by atoms with van der Waals surface area (Å²) >= 11 is 0. The fraction of sp³-hybridized carbons (Fsp3) is 0.722. The molecule has 0 aromatic carbocycles. The van der Waals surface area contributed by atoms with Gasteiger partial charge in [0.1, 0.15) is 7.85 Å². The van der Waals surface area contributed by atoms with Gasteiger partial charge in [-0.2, -0.15) is 0 Å². The molecule has 0 amide bonds. The highest BCUT2D eigenvalue weighted by atomic mass is 16.3. The van der Waals surface area contributed by atoms with Crippen LogP contribution in [-0.2, 0) is 4.79 Å².